The topological polar surface area (TPSA) is 95.1 Å². The van der Waals surface area contributed by atoms with Crippen LogP contribution < -0.4 is 0 Å². The standard InChI is InChI=1S/C21H27N3O5S/c1-14(2)18(24-19(25)16-5-3-4-6-17(16)20(24)26)21(27)23-10-8-22(9-11-23)15-7-12-30(28,29)13-15/h3-6,14-15,18H,7-13H2,1-2H3. The number of fused-ring (bicyclic) bond motifs is 1. The molecule has 0 saturated carbocycles. The summed E-state index contributed by atoms with van der Waals surface area (Å²) in [6.07, 6.45) is 0.639. The molecule has 9 heteroatoms. The molecule has 0 N–H and O–H groups in total. The number of piperazine rings is 1. The second-order valence-electron chi connectivity index (χ2n) is 8.63. The zero-order valence-corrected chi connectivity index (χ0v) is 18.1. The maximum absolute atomic E-state index is 13.4. The minimum atomic E-state index is -2.95. The summed E-state index contributed by atoms with van der Waals surface area (Å²) >= 11 is 0. The highest BCUT2D eigenvalue weighted by molar-refractivity contribution is 7.91. The molecule has 2 atom stereocenters. The van der Waals surface area contributed by atoms with E-state index in [4.69, 9.17) is 0 Å². The Morgan fingerprint density at radius 3 is 2.03 bits per heavy atom. The number of hydrogen-bond donors (Lipinski definition) is 0. The van der Waals surface area contributed by atoms with E-state index in [9.17, 15) is 22.8 Å². The number of amides is 3. The van der Waals surface area contributed by atoms with Crippen molar-refractivity contribution in [1.82, 2.24) is 14.7 Å². The van der Waals surface area contributed by atoms with Crippen LogP contribution >= 0.6 is 0 Å². The Balaban J connectivity index is 1.47. The summed E-state index contributed by atoms with van der Waals surface area (Å²) in [6.45, 7) is 5.79. The molecule has 3 amide bonds. The van der Waals surface area contributed by atoms with Crippen molar-refractivity contribution < 1.29 is 22.8 Å². The molecule has 30 heavy (non-hydrogen) atoms. The normalized spacial score (nSPS) is 25.1. The monoisotopic (exact) mass is 433 g/mol. The number of hydrogen-bond acceptors (Lipinski definition) is 6. The molecule has 2 fully saturated rings. The number of sulfone groups is 1. The van der Waals surface area contributed by atoms with Gasteiger partial charge in [0, 0.05) is 32.2 Å². The highest BCUT2D eigenvalue weighted by Crippen LogP contribution is 2.28. The van der Waals surface area contributed by atoms with Gasteiger partial charge in [-0.25, -0.2) is 8.42 Å². The van der Waals surface area contributed by atoms with Gasteiger partial charge in [0.15, 0.2) is 9.84 Å². The minimum absolute atomic E-state index is 0.0179. The maximum Gasteiger partial charge on any atom is 0.262 e. The van der Waals surface area contributed by atoms with E-state index in [1.54, 1.807) is 29.2 Å². The summed E-state index contributed by atoms with van der Waals surface area (Å²) in [5.41, 5.74) is 0.682. The lowest BCUT2D eigenvalue weighted by molar-refractivity contribution is -0.138. The van der Waals surface area contributed by atoms with Gasteiger partial charge in [0.05, 0.1) is 22.6 Å². The van der Waals surface area contributed by atoms with E-state index in [0.29, 0.717) is 43.7 Å². The highest BCUT2D eigenvalue weighted by atomic mass is 32.2. The number of rotatable bonds is 4. The molecule has 2 saturated heterocycles. The lowest BCUT2D eigenvalue weighted by atomic mass is 10.00. The number of imide groups is 1. The van der Waals surface area contributed by atoms with Crippen molar-refractivity contribution in [1.29, 1.82) is 0 Å². The first-order valence-corrected chi connectivity index (χ1v) is 12.2. The molecule has 0 aromatic heterocycles. The van der Waals surface area contributed by atoms with Crippen LogP contribution in [0.15, 0.2) is 24.3 Å². The fourth-order valence-electron chi connectivity index (χ4n) is 4.71. The summed E-state index contributed by atoms with van der Waals surface area (Å²) in [4.78, 5) is 44.1. The van der Waals surface area contributed by atoms with Crippen LogP contribution in [0, 0.1) is 5.92 Å². The first-order valence-electron chi connectivity index (χ1n) is 10.4. The molecule has 1 aromatic carbocycles. The van der Waals surface area contributed by atoms with E-state index in [0.717, 1.165) is 4.90 Å². The Kier molecular flexibility index (Phi) is 5.44. The van der Waals surface area contributed by atoms with Gasteiger partial charge in [-0.3, -0.25) is 24.2 Å². The molecule has 8 nitrogen and oxygen atoms in total. The fourth-order valence-corrected chi connectivity index (χ4v) is 6.47. The molecule has 3 heterocycles. The average molecular weight is 434 g/mol. The molecular formula is C21H27N3O5S. The van der Waals surface area contributed by atoms with Crippen LogP contribution in [-0.4, -0.2) is 90.6 Å². The number of nitrogens with zero attached hydrogens (tertiary/aromatic N) is 3. The van der Waals surface area contributed by atoms with Gasteiger partial charge in [-0.2, -0.15) is 0 Å². The second-order valence-corrected chi connectivity index (χ2v) is 10.9. The second kappa shape index (κ2) is 7.77. The lowest BCUT2D eigenvalue weighted by Gasteiger charge is -2.40. The van der Waals surface area contributed by atoms with Crippen LogP contribution in [0.3, 0.4) is 0 Å². The first-order chi connectivity index (χ1) is 14.2. The van der Waals surface area contributed by atoms with Gasteiger partial charge in [-0.15, -0.1) is 0 Å². The predicted octanol–water partition coefficient (Wildman–Crippen LogP) is 0.639. The summed E-state index contributed by atoms with van der Waals surface area (Å²) in [6, 6.07) is 5.82. The Hall–Kier alpha value is -2.26. The summed E-state index contributed by atoms with van der Waals surface area (Å²) in [7, 11) is -2.95. The molecule has 0 bridgehead atoms. The molecular weight excluding hydrogens is 406 g/mol. The third-order valence-electron chi connectivity index (χ3n) is 6.34. The third kappa shape index (κ3) is 3.65. The van der Waals surface area contributed by atoms with E-state index in [1.807, 2.05) is 13.8 Å². The van der Waals surface area contributed by atoms with Crippen LogP contribution in [0.2, 0.25) is 0 Å². The van der Waals surface area contributed by atoms with Crippen molar-refractivity contribution in [3.63, 3.8) is 0 Å². The zero-order valence-electron chi connectivity index (χ0n) is 17.3. The average Bonchev–Trinajstić information content (AvgIpc) is 3.20. The van der Waals surface area contributed by atoms with Gasteiger partial charge >= 0.3 is 0 Å². The Bertz CT molecular complexity index is 947. The van der Waals surface area contributed by atoms with Crippen molar-refractivity contribution in [2.45, 2.75) is 32.4 Å². The Morgan fingerprint density at radius 2 is 1.57 bits per heavy atom. The van der Waals surface area contributed by atoms with Gasteiger partial charge in [-0.05, 0) is 24.5 Å². The number of benzene rings is 1. The lowest BCUT2D eigenvalue weighted by Crippen LogP contribution is -2.58. The number of carbonyl (C=O) groups excluding carboxylic acids is 3. The maximum atomic E-state index is 13.4. The van der Waals surface area contributed by atoms with Crippen LogP contribution in [0.5, 0.6) is 0 Å². The van der Waals surface area contributed by atoms with E-state index in [-0.39, 0.29) is 29.4 Å². The largest absolute Gasteiger partial charge is 0.338 e. The fraction of sp³-hybridized carbons (Fsp3) is 0.571. The molecule has 0 aliphatic carbocycles. The summed E-state index contributed by atoms with van der Waals surface area (Å²) < 4.78 is 23.5. The quantitative estimate of drug-likeness (QED) is 0.647. The van der Waals surface area contributed by atoms with E-state index in [1.165, 1.54) is 0 Å². The van der Waals surface area contributed by atoms with Crippen LogP contribution in [0.25, 0.3) is 0 Å². The van der Waals surface area contributed by atoms with Gasteiger partial charge in [0.1, 0.15) is 6.04 Å². The van der Waals surface area contributed by atoms with E-state index in [2.05, 4.69) is 4.90 Å². The molecule has 3 aliphatic heterocycles. The van der Waals surface area contributed by atoms with E-state index < -0.39 is 27.7 Å². The molecule has 4 rings (SSSR count). The van der Waals surface area contributed by atoms with Crippen LogP contribution in [-0.2, 0) is 14.6 Å². The SMILES string of the molecule is CC(C)C(C(=O)N1CCN(C2CCS(=O)(=O)C2)CC1)N1C(=O)c2ccccc2C1=O. The van der Waals surface area contributed by atoms with Crippen molar-refractivity contribution in [3.05, 3.63) is 35.4 Å². The number of carbonyl (C=O) groups is 3. The molecule has 1 aromatic rings. The molecule has 0 radical (unpaired) electrons. The van der Waals surface area contributed by atoms with Gasteiger partial charge in [-0.1, -0.05) is 26.0 Å². The van der Waals surface area contributed by atoms with Gasteiger partial charge < -0.3 is 4.90 Å². The molecule has 162 valence electrons. The van der Waals surface area contributed by atoms with E-state index >= 15 is 0 Å². The van der Waals surface area contributed by atoms with Crippen LogP contribution in [0.4, 0.5) is 0 Å². The smallest absolute Gasteiger partial charge is 0.262 e. The van der Waals surface area contributed by atoms with Crippen molar-refractivity contribution in [2.24, 2.45) is 5.92 Å². The van der Waals surface area contributed by atoms with Crippen LogP contribution in [0.1, 0.15) is 41.0 Å². The van der Waals surface area contributed by atoms with Gasteiger partial charge in [0.25, 0.3) is 11.8 Å². The summed E-state index contributed by atoms with van der Waals surface area (Å²) in [5.74, 6) is -0.873. The summed E-state index contributed by atoms with van der Waals surface area (Å²) in [5, 5.41) is 0. The Labute approximate surface area is 176 Å². The van der Waals surface area contributed by atoms with Gasteiger partial charge in [0.2, 0.25) is 5.91 Å². The Morgan fingerprint density at radius 1 is 1.00 bits per heavy atom. The molecule has 3 aliphatic rings. The zero-order chi connectivity index (χ0) is 21.6. The van der Waals surface area contributed by atoms with Crippen molar-refractivity contribution in [3.8, 4) is 0 Å². The molecule has 0 spiro atoms. The van der Waals surface area contributed by atoms with Crippen molar-refractivity contribution >= 4 is 27.6 Å². The molecule has 2 unspecified atom stereocenters. The van der Waals surface area contributed by atoms with Crippen molar-refractivity contribution in [2.75, 3.05) is 37.7 Å². The minimum Gasteiger partial charge on any atom is -0.338 e. The predicted molar refractivity (Wildman–Crippen MR) is 111 cm³/mol. The third-order valence-corrected chi connectivity index (χ3v) is 8.09. The highest BCUT2D eigenvalue weighted by Gasteiger charge is 2.45. The first kappa shape index (κ1) is 21.0.